The minimum atomic E-state index is -3.86. The Balaban J connectivity index is 1.75. The SMILES string of the molecule is CN1[C@H](CC(C)(C)C)CN(c2ccccc2)c2cc3c(cc2S1(=O)=O)-c1cc(C(=O)O)ccc1CO3. The maximum Gasteiger partial charge on any atom is 0.335 e. The molecule has 0 fully saturated rings. The van der Waals surface area contributed by atoms with Gasteiger partial charge in [0, 0.05) is 37.0 Å². The van der Waals surface area contributed by atoms with Crippen molar-refractivity contribution >= 4 is 27.4 Å². The Kier molecular flexibility index (Phi) is 5.84. The topological polar surface area (TPSA) is 87.2 Å². The fourth-order valence-electron chi connectivity index (χ4n) is 5.07. The Morgan fingerprint density at radius 1 is 1.06 bits per heavy atom. The number of carbonyl (C=O) groups is 1. The van der Waals surface area contributed by atoms with Gasteiger partial charge in [0.15, 0.2) is 0 Å². The van der Waals surface area contributed by atoms with E-state index in [1.807, 2.05) is 30.3 Å². The van der Waals surface area contributed by atoms with Crippen molar-refractivity contribution in [2.24, 2.45) is 5.41 Å². The lowest BCUT2D eigenvalue weighted by Crippen LogP contribution is -2.43. The summed E-state index contributed by atoms with van der Waals surface area (Å²) in [5.74, 6) is -0.495. The molecule has 2 heterocycles. The first kappa shape index (κ1) is 24.3. The number of ether oxygens (including phenoxy) is 1. The summed E-state index contributed by atoms with van der Waals surface area (Å²) in [5.41, 5.74) is 3.59. The third kappa shape index (κ3) is 4.24. The van der Waals surface area contributed by atoms with Crippen molar-refractivity contribution in [1.29, 1.82) is 0 Å². The Labute approximate surface area is 212 Å². The molecular formula is C28H30N2O5S. The average molecular weight is 507 g/mol. The molecule has 2 aliphatic rings. The van der Waals surface area contributed by atoms with Crippen molar-refractivity contribution in [3.05, 3.63) is 71.8 Å². The molecule has 3 aromatic carbocycles. The average Bonchev–Trinajstić information content (AvgIpc) is 2.91. The van der Waals surface area contributed by atoms with Gasteiger partial charge in [-0.25, -0.2) is 13.2 Å². The van der Waals surface area contributed by atoms with Gasteiger partial charge < -0.3 is 14.7 Å². The Morgan fingerprint density at radius 3 is 2.44 bits per heavy atom. The van der Waals surface area contributed by atoms with E-state index in [1.165, 1.54) is 10.4 Å². The minimum Gasteiger partial charge on any atom is -0.488 e. The second-order valence-electron chi connectivity index (χ2n) is 10.7. The summed E-state index contributed by atoms with van der Waals surface area (Å²) in [5, 5.41) is 9.52. The highest BCUT2D eigenvalue weighted by molar-refractivity contribution is 7.89. The van der Waals surface area contributed by atoms with E-state index >= 15 is 0 Å². The molecule has 0 bridgehead atoms. The molecule has 0 amide bonds. The summed E-state index contributed by atoms with van der Waals surface area (Å²) >= 11 is 0. The lowest BCUT2D eigenvalue weighted by atomic mass is 9.88. The molecule has 0 radical (unpaired) electrons. The molecule has 0 aromatic heterocycles. The van der Waals surface area contributed by atoms with E-state index in [0.29, 0.717) is 35.5 Å². The number of nitrogens with zero attached hydrogens (tertiary/aromatic N) is 2. The molecule has 8 heteroatoms. The lowest BCUT2D eigenvalue weighted by molar-refractivity contribution is 0.0696. The number of hydrogen-bond donors (Lipinski definition) is 1. The number of anilines is 2. The number of carboxylic acids is 1. The summed E-state index contributed by atoms with van der Waals surface area (Å²) in [4.78, 5) is 13.9. The number of para-hydroxylation sites is 1. The second kappa shape index (κ2) is 8.64. The number of sulfonamides is 1. The van der Waals surface area contributed by atoms with E-state index in [0.717, 1.165) is 11.3 Å². The highest BCUT2D eigenvalue weighted by Gasteiger charge is 2.39. The van der Waals surface area contributed by atoms with Crippen LogP contribution in [0.2, 0.25) is 0 Å². The molecule has 36 heavy (non-hydrogen) atoms. The van der Waals surface area contributed by atoms with Crippen molar-refractivity contribution in [3.63, 3.8) is 0 Å². The van der Waals surface area contributed by atoms with Crippen LogP contribution in [-0.2, 0) is 16.6 Å². The van der Waals surface area contributed by atoms with Gasteiger partial charge in [-0.1, -0.05) is 45.0 Å². The molecule has 0 saturated heterocycles. The van der Waals surface area contributed by atoms with Gasteiger partial charge in [-0.05, 0) is 53.3 Å². The van der Waals surface area contributed by atoms with Gasteiger partial charge in [0.1, 0.15) is 17.3 Å². The van der Waals surface area contributed by atoms with Gasteiger partial charge in [0.2, 0.25) is 10.0 Å². The zero-order chi connectivity index (χ0) is 25.8. The van der Waals surface area contributed by atoms with E-state index < -0.39 is 16.0 Å². The summed E-state index contributed by atoms with van der Waals surface area (Å²) in [6, 6.07) is 17.8. The van der Waals surface area contributed by atoms with E-state index in [4.69, 9.17) is 4.74 Å². The van der Waals surface area contributed by atoms with Gasteiger partial charge in [-0.3, -0.25) is 0 Å². The van der Waals surface area contributed by atoms with Gasteiger partial charge in [0.25, 0.3) is 0 Å². The monoisotopic (exact) mass is 506 g/mol. The summed E-state index contributed by atoms with van der Waals surface area (Å²) < 4.78 is 35.6. The van der Waals surface area contributed by atoms with Crippen LogP contribution in [0, 0.1) is 5.41 Å². The predicted octanol–water partition coefficient (Wildman–Crippen LogP) is 5.52. The maximum atomic E-state index is 14.0. The van der Waals surface area contributed by atoms with Crippen molar-refractivity contribution in [2.75, 3.05) is 18.5 Å². The summed E-state index contributed by atoms with van der Waals surface area (Å²) in [6.07, 6.45) is 0.682. The molecule has 0 aliphatic carbocycles. The van der Waals surface area contributed by atoms with E-state index in [9.17, 15) is 18.3 Å². The van der Waals surface area contributed by atoms with Gasteiger partial charge in [-0.2, -0.15) is 4.31 Å². The third-order valence-corrected chi connectivity index (χ3v) is 8.80. The van der Waals surface area contributed by atoms with Gasteiger partial charge in [-0.15, -0.1) is 0 Å². The number of likely N-dealkylation sites (N-methyl/N-ethyl adjacent to an activating group) is 1. The predicted molar refractivity (Wildman–Crippen MR) is 139 cm³/mol. The smallest absolute Gasteiger partial charge is 0.335 e. The highest BCUT2D eigenvalue weighted by Crippen LogP contribution is 2.47. The van der Waals surface area contributed by atoms with Crippen LogP contribution >= 0.6 is 0 Å². The number of aromatic carboxylic acids is 1. The zero-order valence-corrected chi connectivity index (χ0v) is 21.7. The molecular weight excluding hydrogens is 476 g/mol. The zero-order valence-electron chi connectivity index (χ0n) is 20.9. The summed E-state index contributed by atoms with van der Waals surface area (Å²) in [7, 11) is -2.21. The molecule has 5 rings (SSSR count). The van der Waals surface area contributed by atoms with Crippen LogP contribution in [0.25, 0.3) is 11.1 Å². The van der Waals surface area contributed by atoms with E-state index in [1.54, 1.807) is 31.3 Å². The molecule has 1 atom stereocenters. The number of rotatable bonds is 3. The Hall–Kier alpha value is -3.36. The van der Waals surface area contributed by atoms with Crippen LogP contribution in [0.15, 0.2) is 65.6 Å². The molecule has 0 spiro atoms. The normalized spacial score (nSPS) is 18.9. The molecule has 1 N–H and O–H groups in total. The molecule has 188 valence electrons. The standard InChI is InChI=1S/C28H30N2O5S/c1-28(2,3)15-21-16-30(20-8-6-5-7-9-20)24-14-25-23(13-26(24)36(33,34)29(21)4)22-12-18(27(31)32)10-11-19(22)17-35-25/h5-14,21H,15-17H2,1-4H3,(H,31,32)/t21-/m1/s1. The third-order valence-electron chi connectivity index (χ3n) is 6.86. The molecule has 0 saturated carbocycles. The van der Waals surface area contributed by atoms with Crippen molar-refractivity contribution < 1.29 is 23.1 Å². The van der Waals surface area contributed by atoms with Gasteiger partial charge in [0.05, 0.1) is 11.3 Å². The van der Waals surface area contributed by atoms with Crippen LogP contribution < -0.4 is 9.64 Å². The van der Waals surface area contributed by atoms with Gasteiger partial charge >= 0.3 is 5.97 Å². The van der Waals surface area contributed by atoms with Crippen molar-refractivity contribution in [1.82, 2.24) is 4.31 Å². The van der Waals surface area contributed by atoms with E-state index in [2.05, 4.69) is 25.7 Å². The van der Waals surface area contributed by atoms with Crippen LogP contribution in [0.5, 0.6) is 5.75 Å². The highest BCUT2D eigenvalue weighted by atomic mass is 32.2. The molecule has 2 aliphatic heterocycles. The van der Waals surface area contributed by atoms with Crippen LogP contribution in [0.3, 0.4) is 0 Å². The fraction of sp³-hybridized carbons (Fsp3) is 0.321. The number of benzene rings is 3. The molecule has 0 unspecified atom stereocenters. The quantitative estimate of drug-likeness (QED) is 0.503. The lowest BCUT2D eigenvalue weighted by Gasteiger charge is -2.33. The van der Waals surface area contributed by atoms with Crippen molar-refractivity contribution in [3.8, 4) is 16.9 Å². The van der Waals surface area contributed by atoms with Crippen LogP contribution in [0.4, 0.5) is 11.4 Å². The van der Waals surface area contributed by atoms with Crippen LogP contribution in [0.1, 0.15) is 43.1 Å². The van der Waals surface area contributed by atoms with E-state index in [-0.39, 0.29) is 28.5 Å². The van der Waals surface area contributed by atoms with Crippen LogP contribution in [-0.4, -0.2) is 43.4 Å². The number of fused-ring (bicyclic) bond motifs is 4. The number of carboxylic acid groups (broad SMARTS) is 1. The first-order valence-corrected chi connectivity index (χ1v) is 13.4. The maximum absolute atomic E-state index is 14.0. The number of hydrogen-bond acceptors (Lipinski definition) is 5. The summed E-state index contributed by atoms with van der Waals surface area (Å²) in [6.45, 7) is 7.11. The Bertz CT molecular complexity index is 1440. The second-order valence-corrected chi connectivity index (χ2v) is 12.6. The first-order chi connectivity index (χ1) is 17.0. The largest absolute Gasteiger partial charge is 0.488 e. The Morgan fingerprint density at radius 2 is 1.78 bits per heavy atom. The fourth-order valence-corrected chi connectivity index (χ4v) is 6.61. The minimum absolute atomic E-state index is 0.0815. The molecule has 7 nitrogen and oxygen atoms in total. The first-order valence-electron chi connectivity index (χ1n) is 11.9. The molecule has 3 aromatic rings. The van der Waals surface area contributed by atoms with Crippen molar-refractivity contribution in [2.45, 2.75) is 44.7 Å².